The Balaban J connectivity index is 2.08. The van der Waals surface area contributed by atoms with E-state index in [1.54, 1.807) is 7.11 Å². The van der Waals surface area contributed by atoms with Gasteiger partial charge in [-0.15, -0.1) is 0 Å². The Morgan fingerprint density at radius 2 is 2.19 bits per heavy atom. The molecule has 1 aromatic rings. The smallest absolute Gasteiger partial charge is 0.228 e. The number of aromatic nitrogens is 2. The highest BCUT2D eigenvalue weighted by atomic mass is 16.5. The molecule has 1 saturated carbocycles. The molecule has 2 N–H and O–H groups in total. The van der Waals surface area contributed by atoms with E-state index >= 15 is 0 Å². The van der Waals surface area contributed by atoms with Gasteiger partial charge in [-0.05, 0) is 33.1 Å². The van der Waals surface area contributed by atoms with Crippen LogP contribution in [-0.2, 0) is 16.8 Å². The SMILES string of the molecule is COC(C)(C)c1noc(CC2(N)CCC2)n1. The molecule has 5 nitrogen and oxygen atoms in total. The van der Waals surface area contributed by atoms with Gasteiger partial charge < -0.3 is 15.0 Å². The second-order valence-electron chi connectivity index (χ2n) is 5.12. The Kier molecular flexibility index (Phi) is 2.75. The van der Waals surface area contributed by atoms with Gasteiger partial charge in [0.15, 0.2) is 0 Å². The summed E-state index contributed by atoms with van der Waals surface area (Å²) in [6.07, 6.45) is 3.94. The van der Waals surface area contributed by atoms with E-state index in [0.29, 0.717) is 18.1 Å². The summed E-state index contributed by atoms with van der Waals surface area (Å²) < 4.78 is 10.5. The zero-order chi connectivity index (χ0) is 11.8. The van der Waals surface area contributed by atoms with Gasteiger partial charge in [0.05, 0.1) is 0 Å². The third kappa shape index (κ3) is 2.10. The molecule has 0 aromatic carbocycles. The summed E-state index contributed by atoms with van der Waals surface area (Å²) in [5.74, 6) is 1.19. The number of nitrogens with zero attached hydrogens (tertiary/aromatic N) is 2. The van der Waals surface area contributed by atoms with E-state index in [1.165, 1.54) is 6.42 Å². The van der Waals surface area contributed by atoms with Crippen LogP contribution >= 0.6 is 0 Å². The summed E-state index contributed by atoms with van der Waals surface area (Å²) >= 11 is 0. The van der Waals surface area contributed by atoms with E-state index < -0.39 is 5.60 Å². The summed E-state index contributed by atoms with van der Waals surface area (Å²) in [7, 11) is 1.63. The van der Waals surface area contributed by atoms with Crippen molar-refractivity contribution in [3.63, 3.8) is 0 Å². The maximum Gasteiger partial charge on any atom is 0.228 e. The van der Waals surface area contributed by atoms with Crippen LogP contribution in [0, 0.1) is 0 Å². The van der Waals surface area contributed by atoms with Crippen LogP contribution < -0.4 is 5.73 Å². The molecular weight excluding hydrogens is 206 g/mol. The Hall–Kier alpha value is -0.940. The molecule has 0 aliphatic heterocycles. The monoisotopic (exact) mass is 225 g/mol. The van der Waals surface area contributed by atoms with Gasteiger partial charge in [-0.2, -0.15) is 4.98 Å². The number of rotatable bonds is 4. The lowest BCUT2D eigenvalue weighted by molar-refractivity contribution is 0.00973. The van der Waals surface area contributed by atoms with Crippen LogP contribution in [0.3, 0.4) is 0 Å². The van der Waals surface area contributed by atoms with Crippen LogP contribution in [-0.4, -0.2) is 22.8 Å². The molecule has 0 atom stereocenters. The molecule has 0 bridgehead atoms. The normalized spacial score (nSPS) is 19.5. The molecule has 2 rings (SSSR count). The Bertz CT molecular complexity index is 369. The first-order chi connectivity index (χ1) is 7.45. The van der Waals surface area contributed by atoms with Crippen molar-refractivity contribution in [1.82, 2.24) is 10.1 Å². The molecule has 5 heteroatoms. The third-order valence-corrected chi connectivity index (χ3v) is 3.37. The number of hydrogen-bond acceptors (Lipinski definition) is 5. The molecule has 1 heterocycles. The van der Waals surface area contributed by atoms with Crippen LogP contribution in [0.15, 0.2) is 4.52 Å². The largest absolute Gasteiger partial charge is 0.371 e. The minimum atomic E-state index is -0.511. The molecule has 1 fully saturated rings. The summed E-state index contributed by atoms with van der Waals surface area (Å²) in [6, 6.07) is 0. The maximum atomic E-state index is 6.13. The quantitative estimate of drug-likeness (QED) is 0.837. The second-order valence-corrected chi connectivity index (χ2v) is 5.12. The molecule has 16 heavy (non-hydrogen) atoms. The Morgan fingerprint density at radius 3 is 2.69 bits per heavy atom. The van der Waals surface area contributed by atoms with Crippen molar-refractivity contribution in [1.29, 1.82) is 0 Å². The first-order valence-corrected chi connectivity index (χ1v) is 5.62. The number of ether oxygens (including phenoxy) is 1. The zero-order valence-corrected chi connectivity index (χ0v) is 10.1. The van der Waals surface area contributed by atoms with Crippen molar-refractivity contribution in [2.75, 3.05) is 7.11 Å². The molecular formula is C11H19N3O2. The molecule has 0 spiro atoms. The molecule has 1 aromatic heterocycles. The third-order valence-electron chi connectivity index (χ3n) is 3.37. The van der Waals surface area contributed by atoms with Crippen molar-refractivity contribution in [2.24, 2.45) is 5.73 Å². The maximum absolute atomic E-state index is 6.13. The van der Waals surface area contributed by atoms with E-state index in [-0.39, 0.29) is 5.54 Å². The first-order valence-electron chi connectivity index (χ1n) is 5.62. The molecule has 0 unspecified atom stereocenters. The molecule has 0 amide bonds. The fourth-order valence-electron chi connectivity index (χ4n) is 1.77. The van der Waals surface area contributed by atoms with Crippen molar-refractivity contribution in [2.45, 2.75) is 50.7 Å². The van der Waals surface area contributed by atoms with Crippen LogP contribution in [0.1, 0.15) is 44.8 Å². The van der Waals surface area contributed by atoms with E-state index in [1.807, 2.05) is 13.8 Å². The summed E-state index contributed by atoms with van der Waals surface area (Å²) in [4.78, 5) is 4.34. The van der Waals surface area contributed by atoms with Gasteiger partial charge in [0.1, 0.15) is 5.60 Å². The minimum absolute atomic E-state index is 0.124. The molecule has 1 aliphatic carbocycles. The lowest BCUT2D eigenvalue weighted by Gasteiger charge is -2.36. The fraction of sp³-hybridized carbons (Fsp3) is 0.818. The topological polar surface area (TPSA) is 74.2 Å². The van der Waals surface area contributed by atoms with Crippen molar-refractivity contribution < 1.29 is 9.26 Å². The van der Waals surface area contributed by atoms with Gasteiger partial charge >= 0.3 is 0 Å². The van der Waals surface area contributed by atoms with Gasteiger partial charge in [-0.3, -0.25) is 0 Å². The van der Waals surface area contributed by atoms with Crippen molar-refractivity contribution >= 4 is 0 Å². The average molecular weight is 225 g/mol. The van der Waals surface area contributed by atoms with E-state index in [4.69, 9.17) is 15.0 Å². The van der Waals surface area contributed by atoms with Crippen LogP contribution in [0.4, 0.5) is 0 Å². The van der Waals surface area contributed by atoms with Crippen LogP contribution in [0.5, 0.6) is 0 Å². The van der Waals surface area contributed by atoms with Gasteiger partial charge in [0.2, 0.25) is 11.7 Å². The highest BCUT2D eigenvalue weighted by Gasteiger charge is 2.35. The minimum Gasteiger partial charge on any atom is -0.371 e. The number of hydrogen-bond donors (Lipinski definition) is 1. The van der Waals surface area contributed by atoms with Crippen LogP contribution in [0.2, 0.25) is 0 Å². The number of nitrogens with two attached hydrogens (primary N) is 1. The predicted octanol–water partition coefficient (Wildman–Crippen LogP) is 1.38. The second kappa shape index (κ2) is 3.82. The van der Waals surface area contributed by atoms with E-state index in [2.05, 4.69) is 10.1 Å². The highest BCUT2D eigenvalue weighted by molar-refractivity contribution is 5.03. The Labute approximate surface area is 95.3 Å². The average Bonchev–Trinajstić information content (AvgIpc) is 2.64. The standard InChI is InChI=1S/C11H19N3O2/c1-10(2,15-3)9-13-8(16-14-9)7-11(12)5-4-6-11/h4-7,12H2,1-3H3. The number of methoxy groups -OCH3 is 1. The van der Waals surface area contributed by atoms with Crippen molar-refractivity contribution in [3.8, 4) is 0 Å². The molecule has 1 aliphatic rings. The highest BCUT2D eigenvalue weighted by Crippen LogP contribution is 2.32. The Morgan fingerprint density at radius 1 is 1.50 bits per heavy atom. The summed E-state index contributed by atoms with van der Waals surface area (Å²) in [6.45, 7) is 3.81. The molecule has 0 radical (unpaired) electrons. The molecule has 0 saturated heterocycles. The van der Waals surface area contributed by atoms with E-state index in [9.17, 15) is 0 Å². The first kappa shape index (κ1) is 11.5. The summed E-state index contributed by atoms with van der Waals surface area (Å²) in [5, 5.41) is 3.93. The van der Waals surface area contributed by atoms with Gasteiger partial charge in [0.25, 0.3) is 0 Å². The molecule has 90 valence electrons. The van der Waals surface area contributed by atoms with Gasteiger partial charge in [-0.25, -0.2) is 0 Å². The fourth-order valence-corrected chi connectivity index (χ4v) is 1.77. The lowest BCUT2D eigenvalue weighted by Crippen LogP contribution is -2.48. The predicted molar refractivity (Wildman–Crippen MR) is 58.8 cm³/mol. The lowest BCUT2D eigenvalue weighted by atomic mass is 9.75. The van der Waals surface area contributed by atoms with Gasteiger partial charge in [-0.1, -0.05) is 5.16 Å². The zero-order valence-electron chi connectivity index (χ0n) is 10.1. The van der Waals surface area contributed by atoms with Crippen molar-refractivity contribution in [3.05, 3.63) is 11.7 Å². The van der Waals surface area contributed by atoms with Gasteiger partial charge in [0, 0.05) is 19.1 Å². The van der Waals surface area contributed by atoms with Crippen LogP contribution in [0.25, 0.3) is 0 Å². The van der Waals surface area contributed by atoms with E-state index in [0.717, 1.165) is 12.8 Å². The summed E-state index contributed by atoms with van der Waals surface area (Å²) in [5.41, 5.74) is 5.49.